The SMILES string of the molecule is CN1C(=O)/C(=C/c2cc(C(C)(C)C)c(O)c(C(C)(C)C)c2)c2ccccc21. The summed E-state index contributed by atoms with van der Waals surface area (Å²) < 4.78 is 0. The van der Waals surface area contributed by atoms with Crippen molar-refractivity contribution in [3.63, 3.8) is 0 Å². The smallest absolute Gasteiger partial charge is 0.258 e. The van der Waals surface area contributed by atoms with Crippen molar-refractivity contribution in [1.82, 2.24) is 0 Å². The first-order valence-electron chi connectivity index (χ1n) is 9.38. The van der Waals surface area contributed by atoms with Crippen molar-refractivity contribution in [3.8, 4) is 5.75 Å². The number of carbonyl (C=O) groups is 1. The lowest BCUT2D eigenvalue weighted by atomic mass is 9.78. The number of amides is 1. The van der Waals surface area contributed by atoms with Crippen LogP contribution in [0.4, 0.5) is 5.69 Å². The monoisotopic (exact) mass is 363 g/mol. The highest BCUT2D eigenvalue weighted by Gasteiger charge is 2.30. The molecule has 1 amide bonds. The Hall–Kier alpha value is -2.55. The van der Waals surface area contributed by atoms with E-state index in [1.807, 2.05) is 42.5 Å². The summed E-state index contributed by atoms with van der Waals surface area (Å²) in [7, 11) is 1.81. The lowest BCUT2D eigenvalue weighted by molar-refractivity contribution is -0.112. The highest BCUT2D eigenvalue weighted by molar-refractivity contribution is 6.35. The van der Waals surface area contributed by atoms with Crippen molar-refractivity contribution in [2.75, 3.05) is 11.9 Å². The number of hydrogen-bond acceptors (Lipinski definition) is 2. The minimum Gasteiger partial charge on any atom is -0.507 e. The lowest BCUT2D eigenvalue weighted by Gasteiger charge is -2.28. The van der Waals surface area contributed by atoms with E-state index >= 15 is 0 Å². The van der Waals surface area contributed by atoms with E-state index in [-0.39, 0.29) is 16.7 Å². The molecule has 0 spiro atoms. The van der Waals surface area contributed by atoms with Crippen molar-refractivity contribution < 1.29 is 9.90 Å². The predicted molar refractivity (Wildman–Crippen MR) is 113 cm³/mol. The average Bonchev–Trinajstić information content (AvgIpc) is 2.79. The molecule has 2 aromatic carbocycles. The minimum atomic E-state index is -0.201. The second kappa shape index (κ2) is 6.26. The Bertz CT molecular complexity index is 905. The number of likely N-dealkylation sites (N-methyl/N-ethyl adjacent to an activating group) is 1. The van der Waals surface area contributed by atoms with Crippen LogP contribution in [-0.4, -0.2) is 18.1 Å². The van der Waals surface area contributed by atoms with Crippen LogP contribution in [0, 0.1) is 0 Å². The summed E-state index contributed by atoms with van der Waals surface area (Å²) in [5.74, 6) is 0.353. The second-order valence-electron chi connectivity index (χ2n) is 9.40. The van der Waals surface area contributed by atoms with Gasteiger partial charge in [-0.2, -0.15) is 0 Å². The third-order valence-corrected chi connectivity index (χ3v) is 5.15. The molecule has 0 aliphatic carbocycles. The fourth-order valence-electron chi connectivity index (χ4n) is 3.59. The molecule has 0 fully saturated rings. The highest BCUT2D eigenvalue weighted by Crippen LogP contribution is 2.42. The maximum atomic E-state index is 12.8. The van der Waals surface area contributed by atoms with Crippen molar-refractivity contribution in [1.29, 1.82) is 0 Å². The number of benzene rings is 2. The van der Waals surface area contributed by atoms with Crippen molar-refractivity contribution >= 4 is 23.2 Å². The molecule has 0 radical (unpaired) electrons. The first-order valence-corrected chi connectivity index (χ1v) is 9.38. The Kier molecular flexibility index (Phi) is 4.46. The summed E-state index contributed by atoms with van der Waals surface area (Å²) in [6.45, 7) is 12.6. The third-order valence-electron chi connectivity index (χ3n) is 5.15. The number of carbonyl (C=O) groups excluding carboxylic acids is 1. The Balaban J connectivity index is 2.24. The second-order valence-corrected chi connectivity index (χ2v) is 9.40. The molecule has 2 aromatic rings. The number of fused-ring (bicyclic) bond motifs is 1. The summed E-state index contributed by atoms with van der Waals surface area (Å²) in [6.07, 6.45) is 1.95. The number of nitrogens with zero attached hydrogens (tertiary/aromatic N) is 1. The molecular formula is C24H29NO2. The number of rotatable bonds is 1. The van der Waals surface area contributed by atoms with Gasteiger partial charge in [-0.05, 0) is 40.7 Å². The van der Waals surface area contributed by atoms with Gasteiger partial charge in [0.05, 0.1) is 5.69 Å². The zero-order valence-corrected chi connectivity index (χ0v) is 17.3. The summed E-state index contributed by atoms with van der Waals surface area (Å²) in [5, 5.41) is 10.9. The maximum Gasteiger partial charge on any atom is 0.258 e. The number of aromatic hydroxyl groups is 1. The van der Waals surface area contributed by atoms with Gasteiger partial charge in [-0.25, -0.2) is 0 Å². The van der Waals surface area contributed by atoms with Gasteiger partial charge in [0.15, 0.2) is 0 Å². The van der Waals surface area contributed by atoms with Crippen LogP contribution in [0.1, 0.15) is 63.8 Å². The Morgan fingerprint density at radius 2 is 1.44 bits per heavy atom. The molecule has 1 heterocycles. The van der Waals surface area contributed by atoms with Gasteiger partial charge < -0.3 is 10.0 Å². The van der Waals surface area contributed by atoms with Crippen LogP contribution in [0.2, 0.25) is 0 Å². The van der Waals surface area contributed by atoms with Crippen LogP contribution < -0.4 is 4.90 Å². The fourth-order valence-corrected chi connectivity index (χ4v) is 3.59. The average molecular weight is 364 g/mol. The molecule has 0 bridgehead atoms. The van der Waals surface area contributed by atoms with E-state index < -0.39 is 0 Å². The standard InChI is InChI=1S/C24H29NO2/c1-23(2,3)18-13-15(14-19(21(18)26)24(4,5)6)12-17-16-10-8-9-11-20(16)25(7)22(17)27/h8-14,26H,1-7H3/b17-12+. The molecule has 1 aliphatic heterocycles. The van der Waals surface area contributed by atoms with Gasteiger partial charge in [-0.15, -0.1) is 0 Å². The number of anilines is 1. The van der Waals surface area contributed by atoms with Crippen LogP contribution in [0.25, 0.3) is 11.6 Å². The quantitative estimate of drug-likeness (QED) is 0.679. The van der Waals surface area contributed by atoms with Crippen molar-refractivity contribution in [2.45, 2.75) is 52.4 Å². The molecule has 0 saturated heterocycles. The Morgan fingerprint density at radius 1 is 0.926 bits per heavy atom. The zero-order chi connectivity index (χ0) is 20.1. The molecule has 0 unspecified atom stereocenters. The van der Waals surface area contributed by atoms with Gasteiger partial charge >= 0.3 is 0 Å². The molecule has 3 rings (SSSR count). The zero-order valence-electron chi connectivity index (χ0n) is 17.3. The van der Waals surface area contributed by atoms with Crippen LogP contribution in [0.5, 0.6) is 5.75 Å². The van der Waals surface area contributed by atoms with E-state index in [0.29, 0.717) is 11.3 Å². The molecule has 1 aliphatic rings. The summed E-state index contributed by atoms with van der Waals surface area (Å²) in [5.41, 5.74) is 4.91. The molecule has 1 N–H and O–H groups in total. The molecule has 3 heteroatoms. The van der Waals surface area contributed by atoms with Crippen LogP contribution >= 0.6 is 0 Å². The van der Waals surface area contributed by atoms with Crippen LogP contribution in [0.3, 0.4) is 0 Å². The minimum absolute atomic E-state index is 0.00103. The van der Waals surface area contributed by atoms with Gasteiger partial charge in [-0.3, -0.25) is 4.79 Å². The maximum absolute atomic E-state index is 12.8. The molecule has 0 saturated carbocycles. The summed E-state index contributed by atoms with van der Waals surface area (Å²) >= 11 is 0. The fraction of sp³-hybridized carbons (Fsp3) is 0.375. The summed E-state index contributed by atoms with van der Waals surface area (Å²) in [6, 6.07) is 11.9. The molecule has 142 valence electrons. The highest BCUT2D eigenvalue weighted by atomic mass is 16.3. The Morgan fingerprint density at radius 3 is 1.96 bits per heavy atom. The van der Waals surface area contributed by atoms with E-state index in [1.165, 1.54) is 0 Å². The number of phenols is 1. The van der Waals surface area contributed by atoms with E-state index in [2.05, 4.69) is 41.5 Å². The van der Waals surface area contributed by atoms with Gasteiger partial charge in [0.25, 0.3) is 5.91 Å². The molecule has 27 heavy (non-hydrogen) atoms. The predicted octanol–water partition coefficient (Wildman–Crippen LogP) is 5.50. The molecule has 0 atom stereocenters. The van der Waals surface area contributed by atoms with Gasteiger partial charge in [-0.1, -0.05) is 59.7 Å². The topological polar surface area (TPSA) is 40.5 Å². The van der Waals surface area contributed by atoms with E-state index in [0.717, 1.165) is 27.9 Å². The molecular weight excluding hydrogens is 334 g/mol. The van der Waals surface area contributed by atoms with E-state index in [4.69, 9.17) is 0 Å². The normalized spacial score (nSPS) is 16.2. The molecule has 0 aromatic heterocycles. The van der Waals surface area contributed by atoms with Crippen molar-refractivity contribution in [2.24, 2.45) is 0 Å². The Labute approximate surface area is 162 Å². The first kappa shape index (κ1) is 19.2. The van der Waals surface area contributed by atoms with Crippen LogP contribution in [-0.2, 0) is 15.6 Å². The first-order chi connectivity index (χ1) is 12.4. The van der Waals surface area contributed by atoms with Gasteiger partial charge in [0.2, 0.25) is 0 Å². The summed E-state index contributed by atoms with van der Waals surface area (Å²) in [4.78, 5) is 14.5. The number of phenolic OH excluding ortho intramolecular Hbond substituents is 1. The van der Waals surface area contributed by atoms with E-state index in [9.17, 15) is 9.90 Å². The van der Waals surface area contributed by atoms with Crippen molar-refractivity contribution in [3.05, 3.63) is 58.7 Å². The lowest BCUT2D eigenvalue weighted by Crippen LogP contribution is -2.20. The van der Waals surface area contributed by atoms with Crippen LogP contribution in [0.15, 0.2) is 36.4 Å². The molecule has 3 nitrogen and oxygen atoms in total. The van der Waals surface area contributed by atoms with Gasteiger partial charge in [0, 0.05) is 29.3 Å². The third kappa shape index (κ3) is 3.39. The number of para-hydroxylation sites is 1. The largest absolute Gasteiger partial charge is 0.507 e. The number of hydrogen-bond donors (Lipinski definition) is 1. The van der Waals surface area contributed by atoms with Gasteiger partial charge in [0.1, 0.15) is 5.75 Å². The van der Waals surface area contributed by atoms with E-state index in [1.54, 1.807) is 11.9 Å².